The fraction of sp³-hybridized carbons (Fsp3) is 0.111. The summed E-state index contributed by atoms with van der Waals surface area (Å²) in [5.74, 6) is 0. The molecule has 0 fully saturated rings. The molecule has 0 radical (unpaired) electrons. The monoisotopic (exact) mass is 258 g/mol. The highest BCUT2D eigenvalue weighted by molar-refractivity contribution is 7.93. The van der Waals surface area contributed by atoms with Crippen molar-refractivity contribution in [1.29, 1.82) is 5.26 Å². The second kappa shape index (κ2) is 7.09. The van der Waals surface area contributed by atoms with Gasteiger partial charge in [0.2, 0.25) is 0 Å². The van der Waals surface area contributed by atoms with Crippen LogP contribution in [0.4, 0.5) is 0 Å². The molecule has 0 spiro atoms. The van der Waals surface area contributed by atoms with E-state index in [1.165, 1.54) is 0 Å². The van der Waals surface area contributed by atoms with Crippen LogP contribution in [0.15, 0.2) is 29.4 Å². The van der Waals surface area contributed by atoms with E-state index < -0.39 is 0 Å². The fourth-order valence-corrected chi connectivity index (χ4v) is 1.04. The van der Waals surface area contributed by atoms with E-state index >= 15 is 0 Å². The van der Waals surface area contributed by atoms with Gasteiger partial charge in [0.15, 0.2) is 5.71 Å². The standard InChI is InChI=1S/C9H7ClN2O3S/c1-16-15-14-13-12-9(6-11)7-2-4-8(10)5-3-7/h2-5H,1H3/b12-9-. The molecule has 0 aliphatic rings. The molecule has 16 heavy (non-hydrogen) atoms. The molecule has 0 aromatic heterocycles. The highest BCUT2D eigenvalue weighted by atomic mass is 35.5. The molecule has 0 aliphatic heterocycles. The lowest BCUT2D eigenvalue weighted by Crippen LogP contribution is -1.98. The maximum Gasteiger partial charge on any atom is 0.190 e. The Morgan fingerprint density at radius 3 is 2.69 bits per heavy atom. The lowest BCUT2D eigenvalue weighted by Gasteiger charge is -1.97. The van der Waals surface area contributed by atoms with Crippen molar-refractivity contribution in [3.63, 3.8) is 0 Å². The Hall–Kier alpha value is -1.26. The highest BCUT2D eigenvalue weighted by Gasteiger charge is 2.03. The van der Waals surface area contributed by atoms with Gasteiger partial charge in [0.1, 0.15) is 6.07 Å². The van der Waals surface area contributed by atoms with Crippen molar-refractivity contribution in [3.05, 3.63) is 34.9 Å². The molecule has 5 nitrogen and oxygen atoms in total. The molecular formula is C9H7ClN2O3S. The van der Waals surface area contributed by atoms with E-state index in [1.54, 1.807) is 30.5 Å². The molecule has 1 aromatic carbocycles. The zero-order valence-corrected chi connectivity index (χ0v) is 9.79. The number of halogens is 1. The third-order valence-corrected chi connectivity index (χ3v) is 1.92. The summed E-state index contributed by atoms with van der Waals surface area (Å²) >= 11 is 6.65. The Balaban J connectivity index is 2.67. The van der Waals surface area contributed by atoms with Gasteiger partial charge in [0.05, 0.1) is 0 Å². The van der Waals surface area contributed by atoms with Crippen molar-refractivity contribution in [3.8, 4) is 6.07 Å². The van der Waals surface area contributed by atoms with Gasteiger partial charge in [-0.3, -0.25) is 0 Å². The van der Waals surface area contributed by atoms with Gasteiger partial charge in [-0.1, -0.05) is 23.7 Å². The maximum atomic E-state index is 8.81. The van der Waals surface area contributed by atoms with E-state index in [0.29, 0.717) is 10.6 Å². The van der Waals surface area contributed by atoms with E-state index in [-0.39, 0.29) is 5.71 Å². The Kier molecular flexibility index (Phi) is 5.67. The molecule has 7 heteroatoms. The van der Waals surface area contributed by atoms with Crippen LogP contribution in [-0.4, -0.2) is 12.0 Å². The molecule has 84 valence electrons. The van der Waals surface area contributed by atoms with E-state index in [1.807, 2.05) is 6.07 Å². The minimum Gasteiger partial charge on any atom is -0.191 e. The van der Waals surface area contributed by atoms with Crippen molar-refractivity contribution in [2.45, 2.75) is 0 Å². The van der Waals surface area contributed by atoms with Crippen molar-refractivity contribution in [1.82, 2.24) is 0 Å². The van der Waals surface area contributed by atoms with Gasteiger partial charge in [0, 0.05) is 33.9 Å². The maximum absolute atomic E-state index is 8.81. The van der Waals surface area contributed by atoms with Crippen LogP contribution >= 0.6 is 23.6 Å². The largest absolute Gasteiger partial charge is 0.191 e. The van der Waals surface area contributed by atoms with E-state index in [2.05, 4.69) is 19.5 Å². The number of oxime groups is 1. The Morgan fingerprint density at radius 1 is 1.44 bits per heavy atom. The summed E-state index contributed by atoms with van der Waals surface area (Å²) in [6, 6.07) is 8.42. The highest BCUT2D eigenvalue weighted by Crippen LogP contribution is 2.10. The Labute approximate surface area is 102 Å². The first-order valence-corrected chi connectivity index (χ1v) is 5.58. The van der Waals surface area contributed by atoms with Gasteiger partial charge in [-0.15, -0.1) is 4.33 Å². The summed E-state index contributed by atoms with van der Waals surface area (Å²) in [5.41, 5.74) is 0.626. The van der Waals surface area contributed by atoms with Gasteiger partial charge in [-0.05, 0) is 17.3 Å². The smallest absolute Gasteiger partial charge is 0.190 e. The minimum absolute atomic E-state index is 0.0568. The van der Waals surface area contributed by atoms with Crippen LogP contribution in [0.3, 0.4) is 0 Å². The van der Waals surface area contributed by atoms with Crippen LogP contribution < -0.4 is 0 Å². The van der Waals surface area contributed by atoms with Crippen LogP contribution in [0.5, 0.6) is 0 Å². The van der Waals surface area contributed by atoms with E-state index in [9.17, 15) is 0 Å². The summed E-state index contributed by atoms with van der Waals surface area (Å²) in [6.07, 6.45) is 1.64. The lowest BCUT2D eigenvalue weighted by molar-refractivity contribution is -0.461. The van der Waals surface area contributed by atoms with Crippen LogP contribution in [0.25, 0.3) is 0 Å². The molecule has 0 N–H and O–H groups in total. The second-order valence-corrected chi connectivity index (χ2v) is 3.34. The molecular weight excluding hydrogens is 252 g/mol. The van der Waals surface area contributed by atoms with Crippen LogP contribution in [-0.2, 0) is 14.4 Å². The molecule has 1 rings (SSSR count). The summed E-state index contributed by atoms with van der Waals surface area (Å²) in [7, 11) is 0. The predicted molar refractivity (Wildman–Crippen MR) is 60.4 cm³/mol. The molecule has 0 heterocycles. The van der Waals surface area contributed by atoms with Gasteiger partial charge in [0.25, 0.3) is 0 Å². The zero-order valence-electron chi connectivity index (χ0n) is 8.21. The third-order valence-electron chi connectivity index (χ3n) is 1.48. The normalized spacial score (nSPS) is 10.9. The first-order valence-electron chi connectivity index (χ1n) is 4.05. The second-order valence-electron chi connectivity index (χ2n) is 2.44. The average Bonchev–Trinajstić information content (AvgIpc) is 2.31. The summed E-state index contributed by atoms with van der Waals surface area (Å²) in [5, 5.41) is 17.0. The topological polar surface area (TPSA) is 63.8 Å². The van der Waals surface area contributed by atoms with Gasteiger partial charge >= 0.3 is 0 Å². The third kappa shape index (κ3) is 4.08. The summed E-state index contributed by atoms with van der Waals surface area (Å²) < 4.78 is 4.34. The molecule has 0 saturated carbocycles. The van der Waals surface area contributed by atoms with Gasteiger partial charge in [-0.2, -0.15) is 10.3 Å². The lowest BCUT2D eigenvalue weighted by atomic mass is 10.1. The molecule has 0 saturated heterocycles. The van der Waals surface area contributed by atoms with Crippen molar-refractivity contribution in [2.75, 3.05) is 6.26 Å². The number of nitrogens with zero attached hydrogens (tertiary/aromatic N) is 2. The van der Waals surface area contributed by atoms with E-state index in [0.717, 1.165) is 12.0 Å². The average molecular weight is 259 g/mol. The van der Waals surface area contributed by atoms with Crippen molar-refractivity contribution < 1.29 is 14.4 Å². The van der Waals surface area contributed by atoms with E-state index in [4.69, 9.17) is 16.9 Å². The molecule has 0 amide bonds. The Morgan fingerprint density at radius 2 is 2.12 bits per heavy atom. The fourth-order valence-electron chi connectivity index (χ4n) is 0.838. The van der Waals surface area contributed by atoms with Gasteiger partial charge in [-0.25, -0.2) is 0 Å². The summed E-state index contributed by atoms with van der Waals surface area (Å²) in [6.45, 7) is 0. The quantitative estimate of drug-likeness (QED) is 0.267. The zero-order chi connectivity index (χ0) is 11.8. The molecule has 0 bridgehead atoms. The number of benzene rings is 1. The number of nitriles is 1. The Bertz CT molecular complexity index is 402. The number of rotatable bonds is 5. The first kappa shape index (κ1) is 12.8. The first-order chi connectivity index (χ1) is 7.77. The van der Waals surface area contributed by atoms with Crippen LogP contribution in [0.1, 0.15) is 5.56 Å². The van der Waals surface area contributed by atoms with Crippen molar-refractivity contribution in [2.24, 2.45) is 5.16 Å². The SMILES string of the molecule is CSOOO/N=C(/C#N)c1ccc(Cl)cc1. The minimum atomic E-state index is 0.0568. The van der Waals surface area contributed by atoms with Crippen LogP contribution in [0, 0.1) is 11.3 Å². The summed E-state index contributed by atoms with van der Waals surface area (Å²) in [4.78, 5) is 4.30. The number of hydrogen-bond donors (Lipinski definition) is 0. The predicted octanol–water partition coefficient (Wildman–Crippen LogP) is 2.73. The molecule has 0 aliphatic carbocycles. The molecule has 1 aromatic rings. The number of hydrogen-bond acceptors (Lipinski definition) is 6. The molecule has 0 atom stereocenters. The van der Waals surface area contributed by atoms with Gasteiger partial charge < -0.3 is 0 Å². The van der Waals surface area contributed by atoms with Crippen LogP contribution in [0.2, 0.25) is 5.02 Å². The molecule has 0 unspecified atom stereocenters. The van der Waals surface area contributed by atoms with Crippen molar-refractivity contribution >= 4 is 29.4 Å².